The zero-order valence-electron chi connectivity index (χ0n) is 12.7. The van der Waals surface area contributed by atoms with Crippen molar-refractivity contribution in [1.29, 1.82) is 0 Å². The lowest BCUT2D eigenvalue weighted by Gasteiger charge is -2.38. The van der Waals surface area contributed by atoms with Crippen LogP contribution in [0.5, 0.6) is 0 Å². The van der Waals surface area contributed by atoms with Gasteiger partial charge in [-0.3, -0.25) is 4.79 Å². The largest absolute Gasteiger partial charge is 0.418 e. The van der Waals surface area contributed by atoms with Gasteiger partial charge in [0.1, 0.15) is 0 Å². The first-order chi connectivity index (χ1) is 10.7. The average Bonchev–Trinajstić information content (AvgIpc) is 2.52. The van der Waals surface area contributed by atoms with E-state index < -0.39 is 11.7 Å². The van der Waals surface area contributed by atoms with Gasteiger partial charge in [-0.25, -0.2) is 0 Å². The number of amides is 1. The lowest BCUT2D eigenvalue weighted by Crippen LogP contribution is -2.51. The molecule has 1 aliphatic heterocycles. The normalized spacial score (nSPS) is 17.3. The smallest absolute Gasteiger partial charge is 0.367 e. The van der Waals surface area contributed by atoms with E-state index in [2.05, 4.69) is 15.9 Å². The Bertz CT molecular complexity index is 572. The monoisotopic (exact) mass is 393 g/mol. The van der Waals surface area contributed by atoms with Gasteiger partial charge in [0.05, 0.1) is 5.56 Å². The molecule has 1 aromatic carbocycles. The number of carbonyl (C=O) groups is 1. The van der Waals surface area contributed by atoms with Gasteiger partial charge in [0, 0.05) is 48.8 Å². The second-order valence-electron chi connectivity index (χ2n) is 5.61. The number of hydrogen-bond acceptors (Lipinski definition) is 3. The van der Waals surface area contributed by atoms with Gasteiger partial charge in [-0.1, -0.05) is 22.9 Å². The van der Waals surface area contributed by atoms with Crippen molar-refractivity contribution in [3.63, 3.8) is 0 Å². The first-order valence-corrected chi connectivity index (χ1v) is 8.14. The summed E-state index contributed by atoms with van der Waals surface area (Å²) < 4.78 is 40.0. The van der Waals surface area contributed by atoms with Crippen LogP contribution in [-0.2, 0) is 11.0 Å². The first kappa shape index (κ1) is 18.1. The molecule has 1 unspecified atom stereocenters. The number of anilines is 1. The van der Waals surface area contributed by atoms with Crippen LogP contribution < -0.4 is 10.6 Å². The zero-order valence-corrected chi connectivity index (χ0v) is 14.3. The van der Waals surface area contributed by atoms with Gasteiger partial charge in [-0.05, 0) is 18.2 Å². The fraction of sp³-hybridized carbons (Fsp3) is 0.533. The maximum Gasteiger partial charge on any atom is 0.418 e. The van der Waals surface area contributed by atoms with Crippen molar-refractivity contribution in [2.24, 2.45) is 11.7 Å². The molecule has 1 aromatic rings. The van der Waals surface area contributed by atoms with Gasteiger partial charge in [0.15, 0.2) is 0 Å². The van der Waals surface area contributed by atoms with Crippen LogP contribution in [0.1, 0.15) is 12.5 Å². The fourth-order valence-corrected chi connectivity index (χ4v) is 2.95. The lowest BCUT2D eigenvalue weighted by atomic mass is 10.1. The summed E-state index contributed by atoms with van der Waals surface area (Å²) in [6.07, 6.45) is -4.42. The SMILES string of the molecule is CC(CN)C(=O)N1CCN(c2ccc(Br)cc2C(F)(F)F)CC1. The van der Waals surface area contributed by atoms with Crippen LogP contribution in [0.4, 0.5) is 18.9 Å². The second kappa shape index (κ2) is 7.09. The molecule has 1 heterocycles. The molecule has 1 saturated heterocycles. The minimum atomic E-state index is -4.42. The Balaban J connectivity index is 2.13. The summed E-state index contributed by atoms with van der Waals surface area (Å²) >= 11 is 3.08. The molecule has 128 valence electrons. The van der Waals surface area contributed by atoms with Gasteiger partial charge >= 0.3 is 6.18 Å². The summed E-state index contributed by atoms with van der Waals surface area (Å²) in [6.45, 7) is 3.56. The maximum atomic E-state index is 13.2. The molecule has 4 nitrogen and oxygen atoms in total. The molecule has 0 aromatic heterocycles. The van der Waals surface area contributed by atoms with Crippen LogP contribution in [0.2, 0.25) is 0 Å². The molecule has 1 atom stereocenters. The molecule has 2 N–H and O–H groups in total. The predicted molar refractivity (Wildman–Crippen MR) is 86.2 cm³/mol. The van der Waals surface area contributed by atoms with E-state index in [0.29, 0.717) is 30.7 Å². The van der Waals surface area contributed by atoms with Crippen molar-refractivity contribution in [3.05, 3.63) is 28.2 Å². The molecule has 2 rings (SSSR count). The third-order valence-corrected chi connectivity index (χ3v) is 4.46. The second-order valence-corrected chi connectivity index (χ2v) is 6.52. The molecule has 0 spiro atoms. The number of benzene rings is 1. The highest BCUT2D eigenvalue weighted by molar-refractivity contribution is 9.10. The summed E-state index contributed by atoms with van der Waals surface area (Å²) in [5, 5.41) is 0. The lowest BCUT2D eigenvalue weighted by molar-refractivity contribution is -0.138. The molecule has 0 aliphatic carbocycles. The van der Waals surface area contributed by atoms with Crippen molar-refractivity contribution in [1.82, 2.24) is 4.90 Å². The average molecular weight is 394 g/mol. The van der Waals surface area contributed by atoms with Crippen LogP contribution in [-0.4, -0.2) is 43.5 Å². The van der Waals surface area contributed by atoms with E-state index in [9.17, 15) is 18.0 Å². The van der Waals surface area contributed by atoms with Crippen LogP contribution >= 0.6 is 15.9 Å². The number of rotatable bonds is 3. The molecule has 23 heavy (non-hydrogen) atoms. The van der Waals surface area contributed by atoms with Crippen LogP contribution in [0, 0.1) is 5.92 Å². The van der Waals surface area contributed by atoms with E-state index in [1.807, 2.05) is 0 Å². The minimum Gasteiger partial charge on any atom is -0.367 e. The van der Waals surface area contributed by atoms with E-state index in [-0.39, 0.29) is 24.1 Å². The quantitative estimate of drug-likeness (QED) is 0.858. The maximum absolute atomic E-state index is 13.2. The number of nitrogens with two attached hydrogens (primary N) is 1. The molecule has 0 saturated carbocycles. The molecule has 1 fully saturated rings. The molecule has 0 radical (unpaired) electrons. The van der Waals surface area contributed by atoms with Crippen molar-refractivity contribution < 1.29 is 18.0 Å². The summed E-state index contributed by atoms with van der Waals surface area (Å²) in [7, 11) is 0. The topological polar surface area (TPSA) is 49.6 Å². The van der Waals surface area contributed by atoms with E-state index in [1.165, 1.54) is 6.07 Å². The standard InChI is InChI=1S/C15H19BrF3N3O/c1-10(9-20)14(23)22-6-4-21(5-7-22)13-3-2-11(16)8-12(13)15(17,18)19/h2-3,8,10H,4-7,9,20H2,1H3. The van der Waals surface area contributed by atoms with E-state index in [4.69, 9.17) is 5.73 Å². The Morgan fingerprint density at radius 1 is 1.30 bits per heavy atom. The van der Waals surface area contributed by atoms with Gasteiger partial charge in [0.25, 0.3) is 0 Å². The summed E-state index contributed by atoms with van der Waals surface area (Å²) in [6, 6.07) is 4.15. The Morgan fingerprint density at radius 3 is 2.43 bits per heavy atom. The molecule has 8 heteroatoms. The highest BCUT2D eigenvalue weighted by Gasteiger charge is 2.36. The summed E-state index contributed by atoms with van der Waals surface area (Å²) in [5.74, 6) is -0.307. The van der Waals surface area contributed by atoms with E-state index >= 15 is 0 Å². The molecular formula is C15H19BrF3N3O. The van der Waals surface area contributed by atoms with Crippen molar-refractivity contribution >= 4 is 27.5 Å². The molecule has 0 bridgehead atoms. The summed E-state index contributed by atoms with van der Waals surface area (Å²) in [5.41, 5.74) is 4.98. The van der Waals surface area contributed by atoms with Crippen LogP contribution in [0.15, 0.2) is 22.7 Å². The van der Waals surface area contributed by atoms with Gasteiger partial charge in [-0.2, -0.15) is 13.2 Å². The number of piperazine rings is 1. The Labute approximate surface area is 141 Å². The van der Waals surface area contributed by atoms with Gasteiger partial charge in [-0.15, -0.1) is 0 Å². The number of carbonyl (C=O) groups excluding carboxylic acids is 1. The molecular weight excluding hydrogens is 375 g/mol. The predicted octanol–water partition coefficient (Wildman–Crippen LogP) is 2.71. The minimum absolute atomic E-state index is 0.0426. The fourth-order valence-electron chi connectivity index (χ4n) is 2.59. The molecule has 1 aliphatic rings. The van der Waals surface area contributed by atoms with Crippen LogP contribution in [0.3, 0.4) is 0 Å². The first-order valence-electron chi connectivity index (χ1n) is 7.34. The highest BCUT2D eigenvalue weighted by Crippen LogP contribution is 2.38. The Morgan fingerprint density at radius 2 is 1.91 bits per heavy atom. The molecule has 1 amide bonds. The Kier molecular flexibility index (Phi) is 5.57. The van der Waals surface area contributed by atoms with E-state index in [0.717, 1.165) is 6.07 Å². The van der Waals surface area contributed by atoms with E-state index in [1.54, 1.807) is 22.8 Å². The number of alkyl halides is 3. The highest BCUT2D eigenvalue weighted by atomic mass is 79.9. The Hall–Kier alpha value is -1.28. The summed E-state index contributed by atoms with van der Waals surface area (Å²) in [4.78, 5) is 15.4. The van der Waals surface area contributed by atoms with Gasteiger partial charge in [0.2, 0.25) is 5.91 Å². The number of halogens is 4. The van der Waals surface area contributed by atoms with Crippen molar-refractivity contribution in [2.75, 3.05) is 37.6 Å². The van der Waals surface area contributed by atoms with Crippen LogP contribution in [0.25, 0.3) is 0 Å². The number of nitrogens with zero attached hydrogens (tertiary/aromatic N) is 2. The van der Waals surface area contributed by atoms with Gasteiger partial charge < -0.3 is 15.5 Å². The van der Waals surface area contributed by atoms with Crippen molar-refractivity contribution in [2.45, 2.75) is 13.1 Å². The third-order valence-electron chi connectivity index (χ3n) is 3.97. The zero-order chi connectivity index (χ0) is 17.2. The number of hydrogen-bond donors (Lipinski definition) is 1. The third kappa shape index (κ3) is 4.17. The van der Waals surface area contributed by atoms with Crippen molar-refractivity contribution in [3.8, 4) is 0 Å².